The molecular weight excluding hydrogens is 272 g/mol. The fraction of sp³-hybridized carbons (Fsp3) is 0.316. The van der Waals surface area contributed by atoms with Crippen molar-refractivity contribution in [3.63, 3.8) is 0 Å². The first kappa shape index (κ1) is 14.6. The smallest absolute Gasteiger partial charge is 0.239 e. The summed E-state index contributed by atoms with van der Waals surface area (Å²) < 4.78 is 0. The van der Waals surface area contributed by atoms with E-state index in [9.17, 15) is 4.79 Å². The lowest BCUT2D eigenvalue weighted by atomic mass is 10.0. The summed E-state index contributed by atoms with van der Waals surface area (Å²) in [7, 11) is 0. The maximum atomic E-state index is 12.2. The van der Waals surface area contributed by atoms with E-state index in [0.29, 0.717) is 13.1 Å². The number of fused-ring (bicyclic) bond motifs is 1. The molecule has 1 heterocycles. The Morgan fingerprint density at radius 2 is 1.82 bits per heavy atom. The molecule has 1 aliphatic rings. The van der Waals surface area contributed by atoms with Gasteiger partial charge in [0.05, 0.1) is 6.54 Å². The van der Waals surface area contributed by atoms with Crippen LogP contribution in [0.25, 0.3) is 0 Å². The van der Waals surface area contributed by atoms with E-state index in [4.69, 9.17) is 0 Å². The Balaban J connectivity index is 1.50. The van der Waals surface area contributed by atoms with Crippen LogP contribution in [0.2, 0.25) is 0 Å². The third-order valence-electron chi connectivity index (χ3n) is 4.12. The molecule has 3 nitrogen and oxygen atoms in total. The lowest BCUT2D eigenvalue weighted by Gasteiger charge is -2.30. The van der Waals surface area contributed by atoms with E-state index in [1.54, 1.807) is 0 Å². The normalized spacial score (nSPS) is 13.5. The fourth-order valence-electron chi connectivity index (χ4n) is 3.00. The van der Waals surface area contributed by atoms with Gasteiger partial charge in [0.1, 0.15) is 0 Å². The molecule has 114 valence electrons. The summed E-state index contributed by atoms with van der Waals surface area (Å²) in [6.45, 7) is 2.10. The summed E-state index contributed by atoms with van der Waals surface area (Å²) in [5.41, 5.74) is 3.82. The monoisotopic (exact) mass is 294 g/mol. The van der Waals surface area contributed by atoms with E-state index in [2.05, 4.69) is 40.5 Å². The van der Waals surface area contributed by atoms with Crippen molar-refractivity contribution in [1.82, 2.24) is 5.32 Å². The molecule has 0 spiro atoms. The predicted molar refractivity (Wildman–Crippen MR) is 90.1 cm³/mol. The highest BCUT2D eigenvalue weighted by Crippen LogP contribution is 2.26. The molecule has 3 rings (SSSR count). The van der Waals surface area contributed by atoms with Gasteiger partial charge in [0.15, 0.2) is 0 Å². The second-order valence-electron chi connectivity index (χ2n) is 5.74. The lowest BCUT2D eigenvalue weighted by molar-refractivity contribution is -0.119. The summed E-state index contributed by atoms with van der Waals surface area (Å²) in [6, 6.07) is 18.6. The van der Waals surface area contributed by atoms with Crippen LogP contribution < -0.4 is 10.2 Å². The molecule has 3 heteroatoms. The van der Waals surface area contributed by atoms with E-state index >= 15 is 0 Å². The summed E-state index contributed by atoms with van der Waals surface area (Å²) in [5, 5.41) is 3.03. The second-order valence-corrected chi connectivity index (χ2v) is 5.74. The van der Waals surface area contributed by atoms with Gasteiger partial charge < -0.3 is 10.2 Å². The minimum Gasteiger partial charge on any atom is -0.362 e. The van der Waals surface area contributed by atoms with Crippen LogP contribution in [-0.2, 0) is 17.6 Å². The van der Waals surface area contributed by atoms with Crippen LogP contribution in [0.5, 0.6) is 0 Å². The second kappa shape index (κ2) is 7.12. The van der Waals surface area contributed by atoms with E-state index < -0.39 is 0 Å². The quantitative estimate of drug-likeness (QED) is 0.919. The molecule has 0 saturated heterocycles. The van der Waals surface area contributed by atoms with Gasteiger partial charge in [-0.15, -0.1) is 0 Å². The van der Waals surface area contributed by atoms with Crippen LogP contribution in [0.1, 0.15) is 17.5 Å². The number of aryl methyl sites for hydroxylation is 1. The number of amides is 1. The number of nitrogens with one attached hydrogen (secondary N) is 1. The Morgan fingerprint density at radius 3 is 2.68 bits per heavy atom. The molecule has 2 aromatic carbocycles. The molecule has 0 atom stereocenters. The predicted octanol–water partition coefficient (Wildman–Crippen LogP) is 2.80. The van der Waals surface area contributed by atoms with E-state index in [1.165, 1.54) is 16.8 Å². The van der Waals surface area contributed by atoms with Crippen molar-refractivity contribution < 1.29 is 4.79 Å². The van der Waals surface area contributed by atoms with Gasteiger partial charge in [-0.2, -0.15) is 0 Å². The first-order chi connectivity index (χ1) is 10.8. The van der Waals surface area contributed by atoms with Crippen molar-refractivity contribution in [3.8, 4) is 0 Å². The van der Waals surface area contributed by atoms with Crippen LogP contribution in [0.3, 0.4) is 0 Å². The fourth-order valence-corrected chi connectivity index (χ4v) is 3.00. The Labute approximate surface area is 132 Å². The van der Waals surface area contributed by atoms with Gasteiger partial charge in [-0.25, -0.2) is 0 Å². The lowest BCUT2D eigenvalue weighted by Crippen LogP contribution is -2.40. The third-order valence-corrected chi connectivity index (χ3v) is 4.12. The highest BCUT2D eigenvalue weighted by molar-refractivity contribution is 5.81. The van der Waals surface area contributed by atoms with Gasteiger partial charge in [0.25, 0.3) is 0 Å². The Bertz CT molecular complexity index is 624. The number of carbonyl (C=O) groups is 1. The van der Waals surface area contributed by atoms with Crippen molar-refractivity contribution in [1.29, 1.82) is 0 Å². The molecule has 1 N–H and O–H groups in total. The first-order valence-corrected chi connectivity index (χ1v) is 7.96. The van der Waals surface area contributed by atoms with Gasteiger partial charge in [-0.1, -0.05) is 48.5 Å². The van der Waals surface area contributed by atoms with Crippen molar-refractivity contribution in [2.75, 3.05) is 24.5 Å². The van der Waals surface area contributed by atoms with Crippen LogP contribution in [0.4, 0.5) is 5.69 Å². The zero-order valence-corrected chi connectivity index (χ0v) is 12.8. The Morgan fingerprint density at radius 1 is 1.05 bits per heavy atom. The number of para-hydroxylation sites is 1. The number of hydrogen-bond acceptors (Lipinski definition) is 2. The number of anilines is 1. The molecule has 0 unspecified atom stereocenters. The molecule has 1 amide bonds. The molecule has 0 saturated carbocycles. The molecule has 0 bridgehead atoms. The number of rotatable bonds is 5. The summed E-state index contributed by atoms with van der Waals surface area (Å²) in [4.78, 5) is 14.3. The number of benzene rings is 2. The molecule has 0 aliphatic carbocycles. The van der Waals surface area contributed by atoms with Gasteiger partial charge in [0, 0.05) is 18.8 Å². The van der Waals surface area contributed by atoms with Gasteiger partial charge in [-0.05, 0) is 36.5 Å². The zero-order valence-electron chi connectivity index (χ0n) is 12.8. The molecule has 0 aromatic heterocycles. The number of hydrogen-bond donors (Lipinski definition) is 1. The maximum Gasteiger partial charge on any atom is 0.239 e. The number of nitrogens with zero attached hydrogens (tertiary/aromatic N) is 1. The topological polar surface area (TPSA) is 32.3 Å². The Kier molecular flexibility index (Phi) is 4.74. The molecular formula is C19H22N2O. The minimum absolute atomic E-state index is 0.104. The average molecular weight is 294 g/mol. The molecule has 0 radical (unpaired) electrons. The minimum atomic E-state index is 0.104. The van der Waals surface area contributed by atoms with E-state index in [-0.39, 0.29) is 5.91 Å². The highest BCUT2D eigenvalue weighted by Gasteiger charge is 2.18. The molecule has 0 fully saturated rings. The summed E-state index contributed by atoms with van der Waals surface area (Å²) >= 11 is 0. The van der Waals surface area contributed by atoms with Crippen LogP contribution in [-0.4, -0.2) is 25.5 Å². The van der Waals surface area contributed by atoms with Gasteiger partial charge in [-0.3, -0.25) is 4.79 Å². The van der Waals surface area contributed by atoms with Crippen LogP contribution in [0, 0.1) is 0 Å². The standard InChI is InChI=1S/C19H22N2O/c22-19(20-13-12-16-7-2-1-3-8-16)15-21-14-6-10-17-9-4-5-11-18(17)21/h1-5,7-9,11H,6,10,12-15H2,(H,20,22). The summed E-state index contributed by atoms with van der Waals surface area (Å²) in [5.74, 6) is 0.104. The van der Waals surface area contributed by atoms with Crippen molar-refractivity contribution in [2.24, 2.45) is 0 Å². The number of carbonyl (C=O) groups excluding carboxylic acids is 1. The third kappa shape index (κ3) is 3.67. The van der Waals surface area contributed by atoms with Crippen molar-refractivity contribution >= 4 is 11.6 Å². The highest BCUT2D eigenvalue weighted by atomic mass is 16.2. The van der Waals surface area contributed by atoms with Gasteiger partial charge >= 0.3 is 0 Å². The van der Waals surface area contributed by atoms with E-state index in [0.717, 1.165) is 25.8 Å². The van der Waals surface area contributed by atoms with Crippen LogP contribution in [0.15, 0.2) is 54.6 Å². The largest absolute Gasteiger partial charge is 0.362 e. The molecule has 1 aliphatic heterocycles. The van der Waals surface area contributed by atoms with Crippen LogP contribution >= 0.6 is 0 Å². The van der Waals surface area contributed by atoms with Crippen molar-refractivity contribution in [2.45, 2.75) is 19.3 Å². The SMILES string of the molecule is O=C(CN1CCCc2ccccc21)NCCc1ccccc1. The maximum absolute atomic E-state index is 12.2. The first-order valence-electron chi connectivity index (χ1n) is 7.96. The summed E-state index contributed by atoms with van der Waals surface area (Å²) in [6.07, 6.45) is 3.11. The molecule has 22 heavy (non-hydrogen) atoms. The average Bonchev–Trinajstić information content (AvgIpc) is 2.56. The Hall–Kier alpha value is -2.29. The van der Waals surface area contributed by atoms with Crippen molar-refractivity contribution in [3.05, 3.63) is 65.7 Å². The van der Waals surface area contributed by atoms with E-state index in [1.807, 2.05) is 24.3 Å². The van der Waals surface area contributed by atoms with Gasteiger partial charge in [0.2, 0.25) is 5.91 Å². The zero-order chi connectivity index (χ0) is 15.2. The molecule has 2 aromatic rings.